The number of aliphatic carboxylic acids is 1. The van der Waals surface area contributed by atoms with Gasteiger partial charge in [0.2, 0.25) is 0 Å². The summed E-state index contributed by atoms with van der Waals surface area (Å²) in [4.78, 5) is 18.8. The van der Waals surface area contributed by atoms with Crippen LogP contribution in [0.25, 0.3) is 6.08 Å². The van der Waals surface area contributed by atoms with Crippen LogP contribution in [-0.2, 0) is 9.53 Å². The molecule has 0 fully saturated rings. The molecule has 0 atom stereocenters. The monoisotopic (exact) mass is 265 g/mol. The Morgan fingerprint density at radius 1 is 1.32 bits per heavy atom. The zero-order valence-corrected chi connectivity index (χ0v) is 10.9. The lowest BCUT2D eigenvalue weighted by Crippen LogP contribution is -2.11. The van der Waals surface area contributed by atoms with Crippen LogP contribution in [0.1, 0.15) is 12.5 Å². The minimum absolute atomic E-state index is 0.356. The largest absolute Gasteiger partial charge is 0.478 e. The number of rotatable bonds is 3. The third-order valence-electron chi connectivity index (χ3n) is 1.50. The van der Waals surface area contributed by atoms with Gasteiger partial charge in [0.05, 0.1) is 6.61 Å². The van der Waals surface area contributed by atoms with Crippen LogP contribution >= 0.6 is 0 Å². The van der Waals surface area contributed by atoms with Crippen molar-refractivity contribution in [2.75, 3.05) is 6.61 Å². The molecule has 0 heterocycles. The molecule has 1 amide bonds. The molecule has 104 valence electrons. The predicted octanol–water partition coefficient (Wildman–Crippen LogP) is 2.69. The molecule has 5 nitrogen and oxygen atoms in total. The Hall–Kier alpha value is -2.56. The van der Waals surface area contributed by atoms with Crippen LogP contribution in [0.5, 0.6) is 0 Å². The third kappa shape index (κ3) is 18.0. The number of carboxylic acids is 1. The number of benzene rings is 1. The molecule has 1 rings (SSSR count). The Morgan fingerprint density at radius 2 is 1.79 bits per heavy atom. The molecular formula is C14H19NO4. The zero-order valence-electron chi connectivity index (χ0n) is 10.9. The number of hydrogen-bond acceptors (Lipinski definition) is 3. The first-order chi connectivity index (χ1) is 8.97. The van der Waals surface area contributed by atoms with Crippen molar-refractivity contribution in [3.63, 3.8) is 0 Å². The number of primary amides is 1. The van der Waals surface area contributed by atoms with E-state index in [2.05, 4.69) is 23.6 Å². The normalized spacial score (nSPS) is 7.63. The Balaban J connectivity index is 0. The Bertz CT molecular complexity index is 388. The number of carbonyl (C=O) groups excluding carboxylic acids is 1. The van der Waals surface area contributed by atoms with E-state index in [9.17, 15) is 9.59 Å². The SMILES string of the molecule is C=CC(=O)O.C=Cc1ccccc1.CCOC(N)=O. The number of ether oxygens (including phenoxy) is 1. The fraction of sp³-hybridized carbons (Fsp3) is 0.143. The zero-order chi connectivity index (χ0) is 15.1. The summed E-state index contributed by atoms with van der Waals surface area (Å²) in [6.07, 6.45) is 1.96. The highest BCUT2D eigenvalue weighted by Gasteiger charge is 1.82. The van der Waals surface area contributed by atoms with Gasteiger partial charge in [0.1, 0.15) is 0 Å². The molecule has 19 heavy (non-hydrogen) atoms. The molecule has 1 aromatic rings. The standard InChI is InChI=1S/C8H8.C3H7NO2.C3H4O2/c1-2-8-6-4-3-5-7-8;1-2-6-3(4)5;1-2-3(4)5/h2-7H,1H2;2H2,1H3,(H2,4,5);2H,1H2,(H,4,5). The summed E-state index contributed by atoms with van der Waals surface area (Å²) in [6, 6.07) is 10.0. The molecule has 3 N–H and O–H groups in total. The lowest BCUT2D eigenvalue weighted by molar-refractivity contribution is -0.131. The number of carbonyl (C=O) groups is 2. The lowest BCUT2D eigenvalue weighted by atomic mass is 10.2. The summed E-state index contributed by atoms with van der Waals surface area (Å²) in [5.41, 5.74) is 5.72. The van der Waals surface area contributed by atoms with Gasteiger partial charge in [-0.1, -0.05) is 49.6 Å². The van der Waals surface area contributed by atoms with Crippen molar-refractivity contribution in [3.8, 4) is 0 Å². The van der Waals surface area contributed by atoms with Crippen LogP contribution < -0.4 is 5.73 Å². The maximum atomic E-state index is 9.60. The van der Waals surface area contributed by atoms with E-state index in [1.165, 1.54) is 5.56 Å². The Labute approximate surface area is 113 Å². The maximum absolute atomic E-state index is 9.60. The van der Waals surface area contributed by atoms with Gasteiger partial charge in [0, 0.05) is 6.08 Å². The highest BCUT2D eigenvalue weighted by Crippen LogP contribution is 1.97. The molecule has 0 aliphatic heterocycles. The van der Waals surface area contributed by atoms with Crippen molar-refractivity contribution in [1.29, 1.82) is 0 Å². The maximum Gasteiger partial charge on any atom is 0.404 e. The number of carboxylic acid groups (broad SMARTS) is 1. The second kappa shape index (κ2) is 13.5. The second-order valence-corrected chi connectivity index (χ2v) is 2.91. The topological polar surface area (TPSA) is 89.6 Å². The average molecular weight is 265 g/mol. The van der Waals surface area contributed by atoms with E-state index in [1.54, 1.807) is 6.92 Å². The average Bonchev–Trinajstić information content (AvgIpc) is 2.41. The van der Waals surface area contributed by atoms with Gasteiger partial charge in [-0.15, -0.1) is 0 Å². The predicted molar refractivity (Wildman–Crippen MR) is 75.6 cm³/mol. The van der Waals surface area contributed by atoms with Gasteiger partial charge in [0.25, 0.3) is 0 Å². The molecule has 0 aliphatic rings. The molecule has 0 radical (unpaired) electrons. The summed E-state index contributed by atoms with van der Waals surface area (Å²) >= 11 is 0. The van der Waals surface area contributed by atoms with E-state index in [4.69, 9.17) is 5.11 Å². The minimum atomic E-state index is -0.981. The highest BCUT2D eigenvalue weighted by molar-refractivity contribution is 5.78. The molecule has 0 saturated carbocycles. The molecule has 1 aromatic carbocycles. The number of amides is 1. The summed E-state index contributed by atoms with van der Waals surface area (Å²) in [6.45, 7) is 8.65. The first kappa shape index (κ1) is 18.8. The molecule has 0 spiro atoms. The molecular weight excluding hydrogens is 246 g/mol. The van der Waals surface area contributed by atoms with Crippen LogP contribution in [0.2, 0.25) is 0 Å². The molecule has 0 bridgehead atoms. The van der Waals surface area contributed by atoms with Crippen molar-refractivity contribution in [3.05, 3.63) is 55.1 Å². The first-order valence-corrected chi connectivity index (χ1v) is 5.42. The Kier molecular flexibility index (Phi) is 13.4. The van der Waals surface area contributed by atoms with Gasteiger partial charge < -0.3 is 15.6 Å². The van der Waals surface area contributed by atoms with Gasteiger partial charge in [-0.3, -0.25) is 0 Å². The van der Waals surface area contributed by atoms with Gasteiger partial charge in [-0.2, -0.15) is 0 Å². The summed E-state index contributed by atoms with van der Waals surface area (Å²) in [5.74, 6) is -0.981. The quantitative estimate of drug-likeness (QED) is 0.822. The second-order valence-electron chi connectivity index (χ2n) is 2.91. The smallest absolute Gasteiger partial charge is 0.404 e. The molecule has 0 aliphatic carbocycles. The molecule has 5 heteroatoms. The van der Waals surface area contributed by atoms with Crippen molar-refractivity contribution < 1.29 is 19.4 Å². The van der Waals surface area contributed by atoms with Crippen LogP contribution in [0, 0.1) is 0 Å². The van der Waals surface area contributed by atoms with E-state index in [0.29, 0.717) is 6.61 Å². The van der Waals surface area contributed by atoms with Crippen LogP contribution in [-0.4, -0.2) is 23.8 Å². The summed E-state index contributed by atoms with van der Waals surface area (Å²) in [5, 5.41) is 7.60. The van der Waals surface area contributed by atoms with E-state index < -0.39 is 12.1 Å². The van der Waals surface area contributed by atoms with Crippen molar-refractivity contribution >= 4 is 18.1 Å². The van der Waals surface area contributed by atoms with E-state index in [1.807, 2.05) is 36.4 Å². The fourth-order valence-electron chi connectivity index (χ4n) is 0.731. The molecule has 0 saturated heterocycles. The van der Waals surface area contributed by atoms with Crippen molar-refractivity contribution in [2.45, 2.75) is 6.92 Å². The minimum Gasteiger partial charge on any atom is -0.478 e. The molecule has 0 unspecified atom stereocenters. The fourth-order valence-corrected chi connectivity index (χ4v) is 0.731. The van der Waals surface area contributed by atoms with Gasteiger partial charge >= 0.3 is 12.1 Å². The summed E-state index contributed by atoms with van der Waals surface area (Å²) < 4.78 is 4.18. The Morgan fingerprint density at radius 3 is 1.95 bits per heavy atom. The molecule has 0 aromatic heterocycles. The van der Waals surface area contributed by atoms with Crippen molar-refractivity contribution in [2.24, 2.45) is 5.73 Å². The highest BCUT2D eigenvalue weighted by atomic mass is 16.5. The van der Waals surface area contributed by atoms with Crippen LogP contribution in [0.4, 0.5) is 4.79 Å². The van der Waals surface area contributed by atoms with E-state index in [-0.39, 0.29) is 0 Å². The summed E-state index contributed by atoms with van der Waals surface area (Å²) in [7, 11) is 0. The lowest BCUT2D eigenvalue weighted by Gasteiger charge is -1.89. The van der Waals surface area contributed by atoms with Gasteiger partial charge in [0.15, 0.2) is 0 Å². The number of nitrogens with two attached hydrogens (primary N) is 1. The van der Waals surface area contributed by atoms with E-state index in [0.717, 1.165) is 6.08 Å². The van der Waals surface area contributed by atoms with Gasteiger partial charge in [-0.05, 0) is 12.5 Å². The van der Waals surface area contributed by atoms with Crippen molar-refractivity contribution in [1.82, 2.24) is 0 Å². The third-order valence-corrected chi connectivity index (χ3v) is 1.50. The van der Waals surface area contributed by atoms with Crippen LogP contribution in [0.15, 0.2) is 49.6 Å². The van der Waals surface area contributed by atoms with Crippen LogP contribution in [0.3, 0.4) is 0 Å². The van der Waals surface area contributed by atoms with E-state index >= 15 is 0 Å². The number of hydrogen-bond donors (Lipinski definition) is 2. The van der Waals surface area contributed by atoms with Gasteiger partial charge in [-0.25, -0.2) is 9.59 Å². The first-order valence-electron chi connectivity index (χ1n) is 5.42.